The minimum atomic E-state index is 0. The second-order valence-electron chi connectivity index (χ2n) is 6.63. The third kappa shape index (κ3) is 4.23. The molecule has 0 aromatic rings. The van der Waals surface area contributed by atoms with Gasteiger partial charge >= 0.3 is 0 Å². The molecule has 22 heavy (non-hydrogen) atoms. The first-order valence-corrected chi connectivity index (χ1v) is 9.78. The fourth-order valence-electron chi connectivity index (χ4n) is 4.18. The molecule has 3 aliphatic rings. The fraction of sp³-hybridized carbons (Fsp3) is 0.938. The predicted molar refractivity (Wildman–Crippen MR) is 108 cm³/mol. The van der Waals surface area contributed by atoms with Crippen molar-refractivity contribution in [3.63, 3.8) is 0 Å². The zero-order valence-electron chi connectivity index (χ0n) is 13.9. The van der Waals surface area contributed by atoms with Gasteiger partial charge in [-0.25, -0.2) is 0 Å². The third-order valence-corrected chi connectivity index (χ3v) is 6.35. The van der Waals surface area contributed by atoms with E-state index in [1.807, 2.05) is 7.05 Å². The molecule has 3 rings (SSSR count). The van der Waals surface area contributed by atoms with Gasteiger partial charge in [-0.2, -0.15) is 11.8 Å². The Balaban J connectivity index is 0.00000176. The van der Waals surface area contributed by atoms with Crippen molar-refractivity contribution in [3.05, 3.63) is 0 Å². The number of thioether (sulfide) groups is 1. The molecule has 6 heteroatoms. The van der Waals surface area contributed by atoms with E-state index < -0.39 is 0 Å². The maximum absolute atomic E-state index is 4.52. The Morgan fingerprint density at radius 1 is 1.05 bits per heavy atom. The summed E-state index contributed by atoms with van der Waals surface area (Å²) in [5.41, 5.74) is 0.399. The van der Waals surface area contributed by atoms with Crippen LogP contribution < -0.4 is 5.32 Å². The lowest BCUT2D eigenvalue weighted by molar-refractivity contribution is 0.106. The largest absolute Gasteiger partial charge is 0.354 e. The number of aliphatic imine (C=N–C) groups is 1. The minimum absolute atomic E-state index is 0. The van der Waals surface area contributed by atoms with E-state index in [0.29, 0.717) is 5.54 Å². The van der Waals surface area contributed by atoms with Crippen LogP contribution in [0.4, 0.5) is 0 Å². The van der Waals surface area contributed by atoms with Crippen molar-refractivity contribution in [2.45, 2.75) is 44.1 Å². The molecule has 1 aliphatic carbocycles. The summed E-state index contributed by atoms with van der Waals surface area (Å²) >= 11 is 2.11. The molecular weight excluding hydrogens is 407 g/mol. The highest BCUT2D eigenvalue weighted by atomic mass is 127. The summed E-state index contributed by atoms with van der Waals surface area (Å²) in [5.74, 6) is 3.75. The second kappa shape index (κ2) is 8.97. The maximum Gasteiger partial charge on any atom is 0.193 e. The van der Waals surface area contributed by atoms with E-state index in [2.05, 4.69) is 31.9 Å². The van der Waals surface area contributed by atoms with Gasteiger partial charge in [0.1, 0.15) is 0 Å². The van der Waals surface area contributed by atoms with E-state index in [4.69, 9.17) is 0 Å². The van der Waals surface area contributed by atoms with E-state index in [0.717, 1.165) is 12.5 Å². The van der Waals surface area contributed by atoms with Crippen molar-refractivity contribution in [1.82, 2.24) is 15.1 Å². The van der Waals surface area contributed by atoms with Crippen molar-refractivity contribution in [2.24, 2.45) is 4.99 Å². The van der Waals surface area contributed by atoms with Gasteiger partial charge in [-0.3, -0.25) is 9.89 Å². The second-order valence-corrected chi connectivity index (χ2v) is 7.85. The molecule has 3 fully saturated rings. The Morgan fingerprint density at radius 3 is 2.27 bits per heavy atom. The summed E-state index contributed by atoms with van der Waals surface area (Å²) < 4.78 is 0. The Bertz CT molecular complexity index is 359. The van der Waals surface area contributed by atoms with Crippen LogP contribution in [0, 0.1) is 0 Å². The predicted octanol–water partition coefficient (Wildman–Crippen LogP) is 2.64. The summed E-state index contributed by atoms with van der Waals surface area (Å²) in [4.78, 5) is 9.72. The number of likely N-dealkylation sites (tertiary alicyclic amines) is 1. The normalized spacial score (nSPS) is 26.0. The molecule has 0 bridgehead atoms. The third-order valence-electron chi connectivity index (χ3n) is 5.41. The van der Waals surface area contributed by atoms with E-state index in [9.17, 15) is 0 Å². The van der Waals surface area contributed by atoms with Crippen molar-refractivity contribution in [1.29, 1.82) is 0 Å². The molecule has 2 aliphatic heterocycles. The summed E-state index contributed by atoms with van der Waals surface area (Å²) in [7, 11) is 1.93. The van der Waals surface area contributed by atoms with Crippen molar-refractivity contribution in [2.75, 3.05) is 51.3 Å². The van der Waals surface area contributed by atoms with Gasteiger partial charge in [-0.1, -0.05) is 12.8 Å². The minimum Gasteiger partial charge on any atom is -0.354 e. The van der Waals surface area contributed by atoms with Gasteiger partial charge in [-0.05, 0) is 25.7 Å². The standard InChI is InChI=1S/C16H30N4S.HI/c1-17-15(19-8-4-5-9-19)18-14-16(6-2-3-7-16)20-10-12-21-13-11-20;/h2-14H2,1H3,(H,17,18);1H. The van der Waals surface area contributed by atoms with Crippen LogP contribution >= 0.6 is 35.7 Å². The molecule has 2 heterocycles. The number of hydrogen-bond donors (Lipinski definition) is 1. The van der Waals surface area contributed by atoms with E-state index in [1.54, 1.807) is 0 Å². The highest BCUT2D eigenvalue weighted by Crippen LogP contribution is 2.36. The molecule has 0 aromatic carbocycles. The molecule has 1 N–H and O–H groups in total. The average molecular weight is 438 g/mol. The number of guanidine groups is 1. The molecule has 0 amide bonds. The van der Waals surface area contributed by atoms with Gasteiger partial charge in [-0.15, -0.1) is 24.0 Å². The highest BCUT2D eigenvalue weighted by molar-refractivity contribution is 14.0. The smallest absolute Gasteiger partial charge is 0.193 e. The highest BCUT2D eigenvalue weighted by Gasteiger charge is 2.40. The topological polar surface area (TPSA) is 30.9 Å². The summed E-state index contributed by atoms with van der Waals surface area (Å²) in [6, 6.07) is 0. The number of hydrogen-bond acceptors (Lipinski definition) is 3. The average Bonchev–Trinajstić information content (AvgIpc) is 3.21. The van der Waals surface area contributed by atoms with Crippen molar-refractivity contribution in [3.8, 4) is 0 Å². The molecule has 0 atom stereocenters. The summed E-state index contributed by atoms with van der Waals surface area (Å²) in [6.45, 7) is 5.98. The van der Waals surface area contributed by atoms with Gasteiger partial charge < -0.3 is 10.2 Å². The lowest BCUT2D eigenvalue weighted by Gasteiger charge is -2.44. The van der Waals surface area contributed by atoms with E-state index in [1.165, 1.54) is 76.2 Å². The molecule has 4 nitrogen and oxygen atoms in total. The van der Waals surface area contributed by atoms with Crippen LogP contribution in [0.2, 0.25) is 0 Å². The lowest BCUT2D eigenvalue weighted by atomic mass is 9.94. The Kier molecular flexibility index (Phi) is 7.60. The van der Waals surface area contributed by atoms with Gasteiger partial charge in [0.05, 0.1) is 0 Å². The van der Waals surface area contributed by atoms with Gasteiger partial charge in [0, 0.05) is 56.8 Å². The van der Waals surface area contributed by atoms with Gasteiger partial charge in [0.15, 0.2) is 5.96 Å². The van der Waals surface area contributed by atoms with Crippen LogP contribution in [0.1, 0.15) is 38.5 Å². The molecule has 0 unspecified atom stereocenters. The maximum atomic E-state index is 4.52. The number of nitrogens with one attached hydrogen (secondary N) is 1. The molecule has 1 saturated carbocycles. The van der Waals surface area contributed by atoms with Crippen LogP contribution in [0.5, 0.6) is 0 Å². The number of rotatable bonds is 3. The van der Waals surface area contributed by atoms with E-state index in [-0.39, 0.29) is 24.0 Å². The monoisotopic (exact) mass is 438 g/mol. The molecule has 0 aromatic heterocycles. The van der Waals surface area contributed by atoms with E-state index >= 15 is 0 Å². The molecule has 0 spiro atoms. The van der Waals surface area contributed by atoms with Crippen LogP contribution in [0.15, 0.2) is 4.99 Å². The fourth-order valence-corrected chi connectivity index (χ4v) is 5.08. The number of halogens is 1. The Labute approximate surface area is 156 Å². The Hall–Kier alpha value is 0.310. The van der Waals surface area contributed by atoms with Crippen molar-refractivity contribution >= 4 is 41.7 Å². The molecule has 128 valence electrons. The SMILES string of the molecule is CN=C(NCC1(N2CCSCC2)CCCC1)N1CCCC1.I. The van der Waals surface area contributed by atoms with Crippen LogP contribution in [0.3, 0.4) is 0 Å². The van der Waals surface area contributed by atoms with Crippen LogP contribution in [-0.4, -0.2) is 72.6 Å². The molecule has 2 saturated heterocycles. The van der Waals surface area contributed by atoms with Gasteiger partial charge in [0.25, 0.3) is 0 Å². The first-order chi connectivity index (χ1) is 10.3. The van der Waals surface area contributed by atoms with Crippen LogP contribution in [0.25, 0.3) is 0 Å². The number of nitrogens with zero attached hydrogens (tertiary/aromatic N) is 3. The zero-order valence-corrected chi connectivity index (χ0v) is 17.0. The lowest BCUT2D eigenvalue weighted by Crippen LogP contribution is -2.57. The van der Waals surface area contributed by atoms with Gasteiger partial charge in [0.2, 0.25) is 0 Å². The molecule has 0 radical (unpaired) electrons. The van der Waals surface area contributed by atoms with Crippen LogP contribution in [-0.2, 0) is 0 Å². The Morgan fingerprint density at radius 2 is 1.68 bits per heavy atom. The first-order valence-electron chi connectivity index (χ1n) is 8.62. The first kappa shape index (κ1) is 18.6. The summed E-state index contributed by atoms with van der Waals surface area (Å²) in [6.07, 6.45) is 8.15. The van der Waals surface area contributed by atoms with Crippen molar-refractivity contribution < 1.29 is 0 Å². The quantitative estimate of drug-likeness (QED) is 0.417. The molecular formula is C16H31IN4S. The zero-order chi connectivity index (χ0) is 14.5. The summed E-state index contributed by atoms with van der Waals surface area (Å²) in [5, 5.41) is 3.72.